The Hall–Kier alpha value is 0.290. The van der Waals surface area contributed by atoms with Crippen molar-refractivity contribution in [2.45, 2.75) is 24.6 Å². The van der Waals surface area contributed by atoms with Crippen LogP contribution in [0.3, 0.4) is 0 Å². The van der Waals surface area contributed by atoms with Crippen molar-refractivity contribution >= 4 is 34.9 Å². The Morgan fingerprint density at radius 2 is 2.44 bits per heavy atom. The lowest BCUT2D eigenvalue weighted by Gasteiger charge is -2.28. The molecular weight excluding hydrogens is 256 g/mol. The van der Waals surface area contributed by atoms with Crippen molar-refractivity contribution in [3.05, 3.63) is 16.1 Å². The molecule has 90 valence electrons. The van der Waals surface area contributed by atoms with Gasteiger partial charge in [0.2, 0.25) is 0 Å². The van der Waals surface area contributed by atoms with Crippen molar-refractivity contribution in [3.63, 3.8) is 0 Å². The Balaban J connectivity index is 1.94. The number of hydrogen-bond acceptors (Lipinski definition) is 5. The molecule has 16 heavy (non-hydrogen) atoms. The molecule has 1 aromatic rings. The summed E-state index contributed by atoms with van der Waals surface area (Å²) in [6.45, 7) is 2.08. The average molecular weight is 274 g/mol. The van der Waals surface area contributed by atoms with E-state index in [-0.39, 0.29) is 0 Å². The number of nitrogens with one attached hydrogen (secondary N) is 1. The summed E-state index contributed by atoms with van der Waals surface area (Å²) < 4.78 is 0. The third-order valence-electron chi connectivity index (χ3n) is 2.76. The molecule has 1 aromatic heterocycles. The van der Waals surface area contributed by atoms with Crippen molar-refractivity contribution in [1.82, 2.24) is 10.3 Å². The lowest BCUT2D eigenvalue weighted by molar-refractivity contribution is 0.552. The molecule has 2 rings (SSSR count). The van der Waals surface area contributed by atoms with Crippen LogP contribution in [0.2, 0.25) is 0 Å². The summed E-state index contributed by atoms with van der Waals surface area (Å²) in [5.74, 6) is 3.89. The lowest BCUT2D eigenvalue weighted by atomic mass is 10.1. The first-order chi connectivity index (χ1) is 7.79. The smallest absolute Gasteiger partial charge is 0.0897 e. The van der Waals surface area contributed by atoms with E-state index in [0.717, 1.165) is 11.7 Å². The molecule has 5 heteroatoms. The van der Waals surface area contributed by atoms with Crippen LogP contribution < -0.4 is 5.32 Å². The van der Waals surface area contributed by atoms with E-state index in [2.05, 4.69) is 53.2 Å². The topological polar surface area (TPSA) is 24.9 Å². The van der Waals surface area contributed by atoms with Gasteiger partial charge in [0, 0.05) is 40.4 Å². The molecule has 0 aromatic carbocycles. The number of likely N-dealkylation sites (N-methyl/N-ethyl adjacent to an activating group) is 1. The van der Waals surface area contributed by atoms with Crippen molar-refractivity contribution in [3.8, 4) is 0 Å². The molecule has 2 heterocycles. The third kappa shape index (κ3) is 3.39. The molecular formula is C11H18N2S3. The van der Waals surface area contributed by atoms with Crippen molar-refractivity contribution in [1.29, 1.82) is 0 Å². The van der Waals surface area contributed by atoms with Crippen molar-refractivity contribution < 1.29 is 0 Å². The van der Waals surface area contributed by atoms with E-state index in [0.29, 0.717) is 6.04 Å². The maximum absolute atomic E-state index is 4.56. The summed E-state index contributed by atoms with van der Waals surface area (Å²) >= 11 is 5.95. The monoisotopic (exact) mass is 274 g/mol. The third-order valence-corrected chi connectivity index (χ3v) is 6.50. The van der Waals surface area contributed by atoms with Gasteiger partial charge in [-0.3, -0.25) is 0 Å². The predicted octanol–water partition coefficient (Wildman–Crippen LogP) is 2.43. The fourth-order valence-electron chi connectivity index (χ4n) is 1.89. The Labute approximate surface area is 110 Å². The van der Waals surface area contributed by atoms with Gasteiger partial charge in [0.05, 0.1) is 10.7 Å². The fraction of sp³-hybridized carbons (Fsp3) is 0.727. The highest BCUT2D eigenvalue weighted by molar-refractivity contribution is 8.06. The number of aryl methyl sites for hydroxylation is 1. The highest BCUT2D eigenvalue weighted by Gasteiger charge is 2.24. The summed E-state index contributed by atoms with van der Waals surface area (Å²) in [5, 5.41) is 7.57. The van der Waals surface area contributed by atoms with E-state index < -0.39 is 0 Å². The van der Waals surface area contributed by atoms with E-state index in [1.54, 1.807) is 11.3 Å². The van der Waals surface area contributed by atoms with E-state index in [1.807, 2.05) is 0 Å². The van der Waals surface area contributed by atoms with Gasteiger partial charge in [-0.2, -0.15) is 23.5 Å². The highest BCUT2D eigenvalue weighted by Crippen LogP contribution is 2.27. The molecule has 0 bridgehead atoms. The molecule has 2 unspecified atom stereocenters. The SMILES string of the molecule is CNC(Cc1csc(C)n1)C1CSCCS1. The van der Waals surface area contributed by atoms with Crippen LogP contribution in [-0.4, -0.2) is 40.6 Å². The van der Waals surface area contributed by atoms with Gasteiger partial charge in [-0.1, -0.05) is 0 Å². The van der Waals surface area contributed by atoms with Crippen LogP contribution in [0.1, 0.15) is 10.7 Å². The zero-order valence-electron chi connectivity index (χ0n) is 9.73. The number of rotatable bonds is 4. The van der Waals surface area contributed by atoms with E-state index in [1.165, 1.54) is 28.0 Å². The molecule has 1 aliphatic rings. The number of thioether (sulfide) groups is 2. The second kappa shape index (κ2) is 6.28. The van der Waals surface area contributed by atoms with Crippen LogP contribution in [-0.2, 0) is 6.42 Å². The minimum atomic E-state index is 0.569. The van der Waals surface area contributed by atoms with Gasteiger partial charge in [-0.15, -0.1) is 11.3 Å². The van der Waals surface area contributed by atoms with E-state index >= 15 is 0 Å². The van der Waals surface area contributed by atoms with Crippen LogP contribution in [0.5, 0.6) is 0 Å². The van der Waals surface area contributed by atoms with Gasteiger partial charge in [-0.05, 0) is 14.0 Å². The van der Waals surface area contributed by atoms with Crippen molar-refractivity contribution in [2.75, 3.05) is 24.3 Å². The summed E-state index contributed by atoms with van der Waals surface area (Å²) in [5.41, 5.74) is 1.25. The van der Waals surface area contributed by atoms with Gasteiger partial charge in [-0.25, -0.2) is 4.98 Å². The van der Waals surface area contributed by atoms with Gasteiger partial charge < -0.3 is 5.32 Å². The van der Waals surface area contributed by atoms with Crippen LogP contribution in [0, 0.1) is 6.92 Å². The maximum atomic E-state index is 4.56. The molecule has 0 saturated carbocycles. The van der Waals surface area contributed by atoms with Gasteiger partial charge >= 0.3 is 0 Å². The molecule has 1 saturated heterocycles. The second-order valence-corrected chi connectivity index (χ2v) is 7.50. The summed E-state index contributed by atoms with van der Waals surface area (Å²) in [7, 11) is 2.07. The molecule has 1 aliphatic heterocycles. The van der Waals surface area contributed by atoms with Crippen molar-refractivity contribution in [2.24, 2.45) is 0 Å². The minimum absolute atomic E-state index is 0.569. The maximum Gasteiger partial charge on any atom is 0.0897 e. The quantitative estimate of drug-likeness (QED) is 0.911. The Kier molecular flexibility index (Phi) is 5.00. The first-order valence-corrected chi connectivity index (χ1v) is 8.65. The summed E-state index contributed by atoms with van der Waals surface area (Å²) in [6, 6.07) is 0.569. The van der Waals surface area contributed by atoms with Gasteiger partial charge in [0.1, 0.15) is 0 Å². The Morgan fingerprint density at radius 1 is 1.56 bits per heavy atom. The average Bonchev–Trinajstić information content (AvgIpc) is 2.73. The molecule has 1 N–H and O–H groups in total. The molecule has 0 radical (unpaired) electrons. The molecule has 0 aliphatic carbocycles. The fourth-order valence-corrected chi connectivity index (χ4v) is 5.44. The standard InChI is InChI=1S/C11H18N2S3/c1-8-13-9(6-16-8)5-10(12-2)11-7-14-3-4-15-11/h6,10-12H,3-5,7H2,1-2H3. The van der Waals surface area contributed by atoms with E-state index in [9.17, 15) is 0 Å². The first-order valence-electron chi connectivity index (χ1n) is 5.57. The number of aromatic nitrogens is 1. The second-order valence-electron chi connectivity index (χ2n) is 3.94. The minimum Gasteiger partial charge on any atom is -0.315 e. The molecule has 2 nitrogen and oxygen atoms in total. The number of nitrogens with zero attached hydrogens (tertiary/aromatic N) is 1. The summed E-state index contributed by atoms with van der Waals surface area (Å²) in [6.07, 6.45) is 1.07. The zero-order valence-corrected chi connectivity index (χ0v) is 12.2. The molecule has 1 fully saturated rings. The van der Waals surface area contributed by atoms with Crippen LogP contribution in [0.15, 0.2) is 5.38 Å². The van der Waals surface area contributed by atoms with Gasteiger partial charge in [0.25, 0.3) is 0 Å². The van der Waals surface area contributed by atoms with Crippen LogP contribution in [0.4, 0.5) is 0 Å². The number of hydrogen-bond donors (Lipinski definition) is 1. The van der Waals surface area contributed by atoms with E-state index in [4.69, 9.17) is 0 Å². The zero-order chi connectivity index (χ0) is 11.4. The molecule has 0 spiro atoms. The predicted molar refractivity (Wildman–Crippen MR) is 77.0 cm³/mol. The Morgan fingerprint density at radius 3 is 3.00 bits per heavy atom. The van der Waals surface area contributed by atoms with Gasteiger partial charge in [0.15, 0.2) is 0 Å². The highest BCUT2D eigenvalue weighted by atomic mass is 32.2. The van der Waals surface area contributed by atoms with Crippen LogP contribution >= 0.6 is 34.9 Å². The number of thiazole rings is 1. The lowest BCUT2D eigenvalue weighted by Crippen LogP contribution is -2.40. The Bertz CT molecular complexity index is 321. The molecule has 2 atom stereocenters. The van der Waals surface area contributed by atoms with Crippen LogP contribution in [0.25, 0.3) is 0 Å². The summed E-state index contributed by atoms with van der Waals surface area (Å²) in [4.78, 5) is 4.56. The molecule has 0 amide bonds. The normalized spacial score (nSPS) is 23.2. The largest absolute Gasteiger partial charge is 0.315 e. The first kappa shape index (κ1) is 12.7.